The summed E-state index contributed by atoms with van der Waals surface area (Å²) < 4.78 is 0. The normalized spacial score (nSPS) is 32.7. The molecule has 2 aliphatic rings. The monoisotopic (exact) mass is 176 g/mol. The first-order valence-electron chi connectivity index (χ1n) is 5.11. The molecular weight excluding hydrogens is 160 g/mol. The van der Waals surface area contributed by atoms with Crippen molar-refractivity contribution in [3.05, 3.63) is 23.8 Å². The number of fused-ring (bicyclic) bond motifs is 1. The van der Waals surface area contributed by atoms with Crippen molar-refractivity contribution in [2.24, 2.45) is 11.8 Å². The standard InChI is InChI=1S/C12H16O/c1-8-7-12(9(2)13)11-6-4-3-5-10(8)11/h7,10-11H,1,3-6H2,2H3/t10-,11-/m1/s1. The molecule has 0 saturated heterocycles. The van der Waals surface area contributed by atoms with Gasteiger partial charge in [0.05, 0.1) is 0 Å². The molecule has 0 heterocycles. The second-order valence-corrected chi connectivity index (χ2v) is 4.23. The summed E-state index contributed by atoms with van der Waals surface area (Å²) in [5, 5.41) is 0. The fourth-order valence-corrected chi connectivity index (χ4v) is 2.72. The number of Topliss-reactive ketones (excluding diaryl/α,β-unsaturated/α-hetero) is 1. The topological polar surface area (TPSA) is 17.1 Å². The molecule has 0 N–H and O–H groups in total. The van der Waals surface area contributed by atoms with E-state index < -0.39 is 0 Å². The molecule has 0 aliphatic heterocycles. The molecule has 0 aromatic carbocycles. The zero-order valence-electron chi connectivity index (χ0n) is 8.18. The number of rotatable bonds is 1. The Hall–Kier alpha value is -0.850. The molecular formula is C12H16O. The first-order valence-corrected chi connectivity index (χ1v) is 5.11. The van der Waals surface area contributed by atoms with Crippen molar-refractivity contribution >= 4 is 5.78 Å². The fourth-order valence-electron chi connectivity index (χ4n) is 2.72. The van der Waals surface area contributed by atoms with Gasteiger partial charge in [-0.15, -0.1) is 0 Å². The van der Waals surface area contributed by atoms with Crippen LogP contribution in [-0.2, 0) is 4.79 Å². The van der Waals surface area contributed by atoms with E-state index in [0.29, 0.717) is 11.8 Å². The van der Waals surface area contributed by atoms with E-state index in [-0.39, 0.29) is 5.78 Å². The van der Waals surface area contributed by atoms with Crippen molar-refractivity contribution in [2.75, 3.05) is 0 Å². The van der Waals surface area contributed by atoms with Gasteiger partial charge in [0.15, 0.2) is 5.78 Å². The Kier molecular flexibility index (Phi) is 2.10. The van der Waals surface area contributed by atoms with E-state index >= 15 is 0 Å². The van der Waals surface area contributed by atoms with Gasteiger partial charge in [-0.3, -0.25) is 4.79 Å². The summed E-state index contributed by atoms with van der Waals surface area (Å²) in [7, 11) is 0. The van der Waals surface area contributed by atoms with Crippen LogP contribution in [-0.4, -0.2) is 5.78 Å². The Morgan fingerprint density at radius 2 is 2.00 bits per heavy atom. The van der Waals surface area contributed by atoms with Crippen molar-refractivity contribution in [1.82, 2.24) is 0 Å². The summed E-state index contributed by atoms with van der Waals surface area (Å²) in [4.78, 5) is 11.3. The lowest BCUT2D eigenvalue weighted by Crippen LogP contribution is -2.19. The van der Waals surface area contributed by atoms with Crippen molar-refractivity contribution in [3.8, 4) is 0 Å². The minimum absolute atomic E-state index is 0.246. The summed E-state index contributed by atoms with van der Waals surface area (Å²) in [5.74, 6) is 1.35. The highest BCUT2D eigenvalue weighted by molar-refractivity contribution is 5.95. The predicted octanol–water partition coefficient (Wildman–Crippen LogP) is 2.88. The number of hydrogen-bond acceptors (Lipinski definition) is 1. The molecule has 0 aromatic heterocycles. The minimum atomic E-state index is 0.246. The quantitative estimate of drug-likeness (QED) is 0.600. The van der Waals surface area contributed by atoms with Gasteiger partial charge in [0.1, 0.15) is 0 Å². The molecule has 0 unspecified atom stereocenters. The molecule has 0 bridgehead atoms. The van der Waals surface area contributed by atoms with E-state index in [1.165, 1.54) is 31.3 Å². The molecule has 2 rings (SSSR count). The summed E-state index contributed by atoms with van der Waals surface area (Å²) >= 11 is 0. The molecule has 1 fully saturated rings. The third kappa shape index (κ3) is 1.37. The third-order valence-electron chi connectivity index (χ3n) is 3.39. The highest BCUT2D eigenvalue weighted by Crippen LogP contribution is 2.44. The summed E-state index contributed by atoms with van der Waals surface area (Å²) in [5.41, 5.74) is 2.23. The largest absolute Gasteiger partial charge is 0.295 e. The molecule has 0 spiro atoms. The number of carbonyl (C=O) groups excluding carboxylic acids is 1. The van der Waals surface area contributed by atoms with Crippen LogP contribution in [0, 0.1) is 11.8 Å². The van der Waals surface area contributed by atoms with Crippen LogP contribution < -0.4 is 0 Å². The summed E-state index contributed by atoms with van der Waals surface area (Å²) in [6, 6.07) is 0. The fraction of sp³-hybridized carbons (Fsp3) is 0.583. The van der Waals surface area contributed by atoms with Crippen LogP contribution in [0.4, 0.5) is 0 Å². The molecule has 2 aliphatic carbocycles. The first kappa shape index (κ1) is 8.74. The Balaban J connectivity index is 2.26. The van der Waals surface area contributed by atoms with Crippen LogP contribution in [0.1, 0.15) is 32.6 Å². The van der Waals surface area contributed by atoms with E-state index in [2.05, 4.69) is 6.58 Å². The molecule has 1 heteroatoms. The second-order valence-electron chi connectivity index (χ2n) is 4.23. The van der Waals surface area contributed by atoms with Gasteiger partial charge in [0.2, 0.25) is 0 Å². The molecule has 2 atom stereocenters. The van der Waals surface area contributed by atoms with E-state index in [1.54, 1.807) is 6.92 Å². The maximum Gasteiger partial charge on any atom is 0.156 e. The lowest BCUT2D eigenvalue weighted by atomic mass is 9.77. The Labute approximate surface area is 79.5 Å². The van der Waals surface area contributed by atoms with Crippen LogP contribution in [0.25, 0.3) is 0 Å². The Morgan fingerprint density at radius 1 is 1.38 bits per heavy atom. The van der Waals surface area contributed by atoms with Gasteiger partial charge in [-0.2, -0.15) is 0 Å². The average Bonchev–Trinajstić information content (AvgIpc) is 2.45. The number of ketones is 1. The van der Waals surface area contributed by atoms with Gasteiger partial charge >= 0.3 is 0 Å². The lowest BCUT2D eigenvalue weighted by molar-refractivity contribution is -0.114. The zero-order valence-corrected chi connectivity index (χ0v) is 8.18. The molecule has 1 saturated carbocycles. The molecule has 13 heavy (non-hydrogen) atoms. The van der Waals surface area contributed by atoms with E-state index in [4.69, 9.17) is 0 Å². The number of allylic oxidation sites excluding steroid dienone is 3. The molecule has 0 amide bonds. The summed E-state index contributed by atoms with van der Waals surface area (Å²) in [6.07, 6.45) is 7.03. The van der Waals surface area contributed by atoms with Gasteiger partial charge in [-0.25, -0.2) is 0 Å². The van der Waals surface area contributed by atoms with Gasteiger partial charge in [-0.1, -0.05) is 31.1 Å². The highest BCUT2D eigenvalue weighted by Gasteiger charge is 2.35. The van der Waals surface area contributed by atoms with E-state index in [1.807, 2.05) is 6.08 Å². The highest BCUT2D eigenvalue weighted by atomic mass is 16.1. The van der Waals surface area contributed by atoms with Gasteiger partial charge in [0, 0.05) is 0 Å². The maximum atomic E-state index is 11.3. The van der Waals surface area contributed by atoms with Crippen LogP contribution in [0.2, 0.25) is 0 Å². The molecule has 0 aromatic rings. The SMILES string of the molecule is C=C1C=C(C(C)=O)[C@@H]2CCCC[C@H]12. The van der Waals surface area contributed by atoms with E-state index in [0.717, 1.165) is 5.57 Å². The lowest BCUT2D eigenvalue weighted by Gasteiger charge is -2.27. The van der Waals surface area contributed by atoms with Crippen LogP contribution in [0.5, 0.6) is 0 Å². The first-order chi connectivity index (χ1) is 6.20. The zero-order chi connectivity index (χ0) is 9.42. The number of carbonyl (C=O) groups is 1. The van der Waals surface area contributed by atoms with Crippen molar-refractivity contribution in [2.45, 2.75) is 32.6 Å². The van der Waals surface area contributed by atoms with Gasteiger partial charge in [-0.05, 0) is 37.2 Å². The second kappa shape index (κ2) is 3.13. The smallest absolute Gasteiger partial charge is 0.156 e. The van der Waals surface area contributed by atoms with Crippen molar-refractivity contribution < 1.29 is 4.79 Å². The van der Waals surface area contributed by atoms with Crippen molar-refractivity contribution in [1.29, 1.82) is 0 Å². The van der Waals surface area contributed by atoms with Gasteiger partial charge < -0.3 is 0 Å². The minimum Gasteiger partial charge on any atom is -0.295 e. The molecule has 70 valence electrons. The van der Waals surface area contributed by atoms with Crippen LogP contribution in [0.15, 0.2) is 23.8 Å². The van der Waals surface area contributed by atoms with Crippen molar-refractivity contribution in [3.63, 3.8) is 0 Å². The average molecular weight is 176 g/mol. The van der Waals surface area contributed by atoms with Crippen LogP contribution >= 0.6 is 0 Å². The Morgan fingerprint density at radius 3 is 2.62 bits per heavy atom. The molecule has 1 nitrogen and oxygen atoms in total. The van der Waals surface area contributed by atoms with Crippen LogP contribution in [0.3, 0.4) is 0 Å². The summed E-state index contributed by atoms with van der Waals surface area (Å²) in [6.45, 7) is 5.72. The van der Waals surface area contributed by atoms with Gasteiger partial charge in [0.25, 0.3) is 0 Å². The Bertz CT molecular complexity index is 285. The predicted molar refractivity (Wildman–Crippen MR) is 53.4 cm³/mol. The number of hydrogen-bond donors (Lipinski definition) is 0. The molecule has 0 radical (unpaired) electrons. The maximum absolute atomic E-state index is 11.3. The van der Waals surface area contributed by atoms with E-state index in [9.17, 15) is 4.79 Å². The third-order valence-corrected chi connectivity index (χ3v) is 3.39.